The molecule has 1 heterocycles. The quantitative estimate of drug-likeness (QED) is 0.499. The molecule has 0 aromatic rings. The Morgan fingerprint density at radius 2 is 2.56 bits per heavy atom. The summed E-state index contributed by atoms with van der Waals surface area (Å²) in [5.41, 5.74) is 4.11. The summed E-state index contributed by atoms with van der Waals surface area (Å²) in [5.74, 6) is 0.537. The lowest BCUT2D eigenvalue weighted by atomic mass is 10.0. The van der Waals surface area contributed by atoms with E-state index in [4.69, 9.17) is 0 Å². The van der Waals surface area contributed by atoms with Gasteiger partial charge in [-0.05, 0) is 6.08 Å². The fourth-order valence-corrected chi connectivity index (χ4v) is 1.10. The Bertz CT molecular complexity index is 198. The van der Waals surface area contributed by atoms with Crippen molar-refractivity contribution in [2.75, 3.05) is 6.54 Å². The summed E-state index contributed by atoms with van der Waals surface area (Å²) in [6, 6.07) is 0. The summed E-state index contributed by atoms with van der Waals surface area (Å²) in [6.07, 6.45) is 8.29. The minimum absolute atomic E-state index is 0.537. The molecule has 1 N–H and O–H groups in total. The van der Waals surface area contributed by atoms with E-state index in [0.717, 1.165) is 12.3 Å². The number of nitrogens with one attached hydrogen (secondary N) is 1. The molecule has 0 amide bonds. The van der Waals surface area contributed by atoms with Crippen LogP contribution in [-0.2, 0) is 0 Å². The molecular formula is C7H8N2. The van der Waals surface area contributed by atoms with Gasteiger partial charge in [-0.3, -0.25) is 0 Å². The molecule has 46 valence electrons. The van der Waals surface area contributed by atoms with Crippen molar-refractivity contribution in [3.8, 4) is 0 Å². The first-order chi connectivity index (χ1) is 4.47. The first-order valence-electron chi connectivity index (χ1n) is 3.12. The van der Waals surface area contributed by atoms with E-state index in [1.54, 1.807) is 0 Å². The molecule has 1 aliphatic heterocycles. The van der Waals surface area contributed by atoms with Crippen molar-refractivity contribution in [2.24, 2.45) is 11.0 Å². The highest BCUT2D eigenvalue weighted by Gasteiger charge is 2.16. The van der Waals surface area contributed by atoms with Gasteiger partial charge in [0.2, 0.25) is 0 Å². The summed E-state index contributed by atoms with van der Waals surface area (Å²) < 4.78 is 0. The van der Waals surface area contributed by atoms with Crippen LogP contribution in [0.3, 0.4) is 0 Å². The van der Waals surface area contributed by atoms with Gasteiger partial charge in [-0.1, -0.05) is 18.2 Å². The van der Waals surface area contributed by atoms with E-state index >= 15 is 0 Å². The number of hydrazone groups is 1. The molecule has 2 rings (SSSR count). The van der Waals surface area contributed by atoms with E-state index in [-0.39, 0.29) is 0 Å². The minimum Gasteiger partial charge on any atom is -0.309 e. The molecule has 0 saturated heterocycles. The molecule has 1 unspecified atom stereocenters. The predicted octanol–water partition coefficient (Wildman–Crippen LogP) is 0.688. The van der Waals surface area contributed by atoms with Gasteiger partial charge in [0.15, 0.2) is 0 Å². The maximum absolute atomic E-state index is 4.09. The third kappa shape index (κ3) is 0.669. The van der Waals surface area contributed by atoms with E-state index in [9.17, 15) is 0 Å². The van der Waals surface area contributed by atoms with Crippen LogP contribution in [0, 0.1) is 5.92 Å². The van der Waals surface area contributed by atoms with Crippen molar-refractivity contribution in [1.29, 1.82) is 0 Å². The Morgan fingerprint density at radius 1 is 1.56 bits per heavy atom. The van der Waals surface area contributed by atoms with E-state index in [0.29, 0.717) is 5.92 Å². The van der Waals surface area contributed by atoms with Crippen LogP contribution in [0.2, 0.25) is 0 Å². The summed E-state index contributed by atoms with van der Waals surface area (Å²) in [7, 11) is 0. The molecule has 0 aromatic carbocycles. The van der Waals surface area contributed by atoms with E-state index in [1.165, 1.54) is 0 Å². The van der Waals surface area contributed by atoms with Crippen LogP contribution in [0.15, 0.2) is 29.4 Å². The average molecular weight is 120 g/mol. The number of rotatable bonds is 0. The zero-order valence-corrected chi connectivity index (χ0v) is 5.04. The lowest BCUT2D eigenvalue weighted by Crippen LogP contribution is -2.12. The molecule has 0 spiro atoms. The zero-order chi connectivity index (χ0) is 6.10. The van der Waals surface area contributed by atoms with Crippen LogP contribution < -0.4 is 5.43 Å². The third-order valence-corrected chi connectivity index (χ3v) is 1.62. The molecule has 0 saturated carbocycles. The summed E-state index contributed by atoms with van der Waals surface area (Å²) in [6.45, 7) is 0.968. The molecule has 2 aliphatic rings. The number of allylic oxidation sites excluding steroid dienone is 3. The van der Waals surface area contributed by atoms with Gasteiger partial charge < -0.3 is 5.43 Å². The monoisotopic (exact) mass is 120 g/mol. The first kappa shape index (κ1) is 4.79. The van der Waals surface area contributed by atoms with Gasteiger partial charge in [-0.15, -0.1) is 0 Å². The van der Waals surface area contributed by atoms with Gasteiger partial charge in [0.1, 0.15) is 0 Å². The van der Waals surface area contributed by atoms with Gasteiger partial charge in [-0.25, -0.2) is 0 Å². The van der Waals surface area contributed by atoms with Crippen LogP contribution >= 0.6 is 0 Å². The Morgan fingerprint density at radius 3 is 3.44 bits per heavy atom. The number of fused-ring (bicyclic) bond motifs is 1. The van der Waals surface area contributed by atoms with Crippen LogP contribution in [0.5, 0.6) is 0 Å². The number of hydrogen-bond donors (Lipinski definition) is 1. The topological polar surface area (TPSA) is 24.4 Å². The molecule has 9 heavy (non-hydrogen) atoms. The molecule has 1 aliphatic carbocycles. The fraction of sp³-hybridized carbons (Fsp3) is 0.286. The number of nitrogens with zero attached hydrogens (tertiary/aromatic N) is 1. The summed E-state index contributed by atoms with van der Waals surface area (Å²) in [5, 5.41) is 4.09. The van der Waals surface area contributed by atoms with Crippen molar-refractivity contribution >= 4 is 5.71 Å². The molecular weight excluding hydrogens is 112 g/mol. The lowest BCUT2D eigenvalue weighted by Gasteiger charge is -2.03. The second-order valence-electron chi connectivity index (χ2n) is 2.25. The maximum atomic E-state index is 4.09. The Kier molecular flexibility index (Phi) is 0.918. The standard InChI is InChI=1S/C7H8N2/c1-2-4-7-6(3-1)5-8-9-7/h1-4,6,8H,5H2. The van der Waals surface area contributed by atoms with Crippen molar-refractivity contribution in [3.05, 3.63) is 24.3 Å². The average Bonchev–Trinajstić information content (AvgIpc) is 2.33. The SMILES string of the molecule is C1=CC2=NNCC2C=C1. The minimum atomic E-state index is 0.537. The van der Waals surface area contributed by atoms with Gasteiger partial charge in [0, 0.05) is 12.5 Å². The summed E-state index contributed by atoms with van der Waals surface area (Å²) in [4.78, 5) is 0. The molecule has 0 aromatic heterocycles. The van der Waals surface area contributed by atoms with Gasteiger partial charge >= 0.3 is 0 Å². The normalized spacial score (nSPS) is 29.3. The Labute approximate surface area is 54.0 Å². The highest BCUT2D eigenvalue weighted by Crippen LogP contribution is 2.11. The molecule has 0 fully saturated rings. The highest BCUT2D eigenvalue weighted by atomic mass is 15.3. The largest absolute Gasteiger partial charge is 0.309 e. The third-order valence-electron chi connectivity index (χ3n) is 1.62. The van der Waals surface area contributed by atoms with Crippen LogP contribution in [0.25, 0.3) is 0 Å². The lowest BCUT2D eigenvalue weighted by molar-refractivity contribution is 0.748. The second kappa shape index (κ2) is 1.72. The van der Waals surface area contributed by atoms with E-state index < -0.39 is 0 Å². The van der Waals surface area contributed by atoms with Gasteiger partial charge in [0.05, 0.1) is 5.71 Å². The summed E-state index contributed by atoms with van der Waals surface area (Å²) >= 11 is 0. The van der Waals surface area contributed by atoms with Crippen LogP contribution in [0.1, 0.15) is 0 Å². The smallest absolute Gasteiger partial charge is 0.0689 e. The van der Waals surface area contributed by atoms with Crippen molar-refractivity contribution in [2.45, 2.75) is 0 Å². The maximum Gasteiger partial charge on any atom is 0.0689 e. The fourth-order valence-electron chi connectivity index (χ4n) is 1.10. The predicted molar refractivity (Wildman–Crippen MR) is 37.2 cm³/mol. The van der Waals surface area contributed by atoms with Crippen molar-refractivity contribution < 1.29 is 0 Å². The Hall–Kier alpha value is -1.05. The van der Waals surface area contributed by atoms with Crippen molar-refractivity contribution in [1.82, 2.24) is 5.43 Å². The highest BCUT2D eigenvalue weighted by molar-refractivity contribution is 6.00. The van der Waals surface area contributed by atoms with E-state index in [2.05, 4.69) is 22.7 Å². The van der Waals surface area contributed by atoms with Gasteiger partial charge in [0.25, 0.3) is 0 Å². The molecule has 1 atom stereocenters. The molecule has 2 nitrogen and oxygen atoms in total. The van der Waals surface area contributed by atoms with Crippen molar-refractivity contribution in [3.63, 3.8) is 0 Å². The molecule has 0 radical (unpaired) electrons. The molecule has 2 heteroatoms. The van der Waals surface area contributed by atoms with Crippen LogP contribution in [0.4, 0.5) is 0 Å². The molecule has 0 bridgehead atoms. The Balaban J connectivity index is 2.33. The van der Waals surface area contributed by atoms with Gasteiger partial charge in [-0.2, -0.15) is 5.10 Å². The van der Waals surface area contributed by atoms with Crippen LogP contribution in [-0.4, -0.2) is 12.3 Å². The van der Waals surface area contributed by atoms with E-state index in [1.807, 2.05) is 12.2 Å². The number of hydrogen-bond acceptors (Lipinski definition) is 2. The zero-order valence-electron chi connectivity index (χ0n) is 5.04. The first-order valence-corrected chi connectivity index (χ1v) is 3.12. The second-order valence-corrected chi connectivity index (χ2v) is 2.25.